The number of ether oxygens (including phenoxy) is 1. The lowest BCUT2D eigenvalue weighted by atomic mass is 9.88. The molecule has 3 heterocycles. The van der Waals surface area contributed by atoms with E-state index in [9.17, 15) is 14.7 Å². The highest BCUT2D eigenvalue weighted by molar-refractivity contribution is 5.97. The second-order valence-corrected chi connectivity index (χ2v) is 7.47. The van der Waals surface area contributed by atoms with E-state index in [-0.39, 0.29) is 18.2 Å². The lowest BCUT2D eigenvalue weighted by Crippen LogP contribution is -2.38. The molecule has 2 aliphatic rings. The summed E-state index contributed by atoms with van der Waals surface area (Å²) in [5.41, 5.74) is 6.57. The maximum absolute atomic E-state index is 12.1. The molecule has 9 heteroatoms. The number of amides is 2. The maximum Gasteiger partial charge on any atom is 0.269 e. The molecule has 0 bridgehead atoms. The number of primary amides is 1. The second-order valence-electron chi connectivity index (χ2n) is 7.47. The summed E-state index contributed by atoms with van der Waals surface area (Å²) in [7, 11) is 0. The molecule has 4 rings (SSSR count). The molecule has 2 aliphatic heterocycles. The Morgan fingerprint density at radius 1 is 1.35 bits per heavy atom. The van der Waals surface area contributed by atoms with E-state index in [4.69, 9.17) is 10.5 Å². The van der Waals surface area contributed by atoms with Crippen LogP contribution in [0.1, 0.15) is 22.5 Å². The molecule has 1 aromatic carbocycles. The number of nitrogens with two attached hydrogens (primary N) is 1. The maximum atomic E-state index is 12.1. The highest BCUT2D eigenvalue weighted by Crippen LogP contribution is 2.26. The van der Waals surface area contributed by atoms with Crippen LogP contribution in [0.5, 0.6) is 0 Å². The van der Waals surface area contributed by atoms with Gasteiger partial charge in [-0.3, -0.25) is 9.59 Å². The molecule has 0 saturated carbocycles. The molecule has 2 amide bonds. The van der Waals surface area contributed by atoms with Crippen LogP contribution < -0.4 is 16.0 Å². The van der Waals surface area contributed by atoms with Crippen molar-refractivity contribution in [2.45, 2.75) is 6.42 Å². The van der Waals surface area contributed by atoms with Gasteiger partial charge in [-0.25, -0.2) is 9.97 Å². The summed E-state index contributed by atoms with van der Waals surface area (Å²) in [5, 5.41) is 12.4. The molecule has 2 aromatic rings. The first-order valence-corrected chi connectivity index (χ1v) is 10.0. The van der Waals surface area contributed by atoms with Crippen LogP contribution in [0.3, 0.4) is 0 Å². The van der Waals surface area contributed by atoms with Crippen LogP contribution in [0.4, 0.5) is 5.69 Å². The van der Waals surface area contributed by atoms with Crippen molar-refractivity contribution >= 4 is 17.5 Å². The predicted molar refractivity (Wildman–Crippen MR) is 113 cm³/mol. The van der Waals surface area contributed by atoms with Crippen molar-refractivity contribution in [2.24, 2.45) is 11.1 Å². The van der Waals surface area contributed by atoms with Crippen molar-refractivity contribution in [2.75, 3.05) is 44.4 Å². The lowest BCUT2D eigenvalue weighted by Gasteiger charge is -2.29. The zero-order chi connectivity index (χ0) is 21.8. The highest BCUT2D eigenvalue weighted by Gasteiger charge is 2.40. The van der Waals surface area contributed by atoms with Gasteiger partial charge in [0.1, 0.15) is 5.41 Å². The van der Waals surface area contributed by atoms with Gasteiger partial charge in [0.15, 0.2) is 11.5 Å². The Bertz CT molecular complexity index is 1070. The number of nitrogens with zero attached hydrogens (tertiary/aromatic N) is 3. The van der Waals surface area contributed by atoms with Gasteiger partial charge in [0.2, 0.25) is 5.91 Å². The summed E-state index contributed by atoms with van der Waals surface area (Å²) in [6, 6.07) is 7.18. The van der Waals surface area contributed by atoms with Gasteiger partial charge in [0, 0.05) is 30.8 Å². The van der Waals surface area contributed by atoms with Gasteiger partial charge in [-0.2, -0.15) is 0 Å². The fraction of sp³-hybridized carbons (Fsp3) is 0.364. The molecule has 1 unspecified atom stereocenters. The summed E-state index contributed by atoms with van der Waals surface area (Å²) < 4.78 is 5.36. The third-order valence-electron chi connectivity index (χ3n) is 5.46. The molecule has 0 aliphatic carbocycles. The minimum absolute atomic E-state index is 0.158. The molecule has 4 N–H and O–H groups in total. The van der Waals surface area contributed by atoms with Gasteiger partial charge in [-0.15, -0.1) is 0 Å². The summed E-state index contributed by atoms with van der Waals surface area (Å²) in [5.74, 6) is 5.37. The minimum atomic E-state index is -1.08. The molecule has 1 atom stereocenters. The first-order chi connectivity index (χ1) is 15.0. The van der Waals surface area contributed by atoms with Gasteiger partial charge in [0.25, 0.3) is 5.91 Å². The number of rotatable bonds is 4. The van der Waals surface area contributed by atoms with Crippen molar-refractivity contribution in [1.82, 2.24) is 15.3 Å². The van der Waals surface area contributed by atoms with E-state index >= 15 is 0 Å². The van der Waals surface area contributed by atoms with Crippen LogP contribution in [0, 0.1) is 17.3 Å². The predicted octanol–water partition coefficient (Wildman–Crippen LogP) is -0.0708. The van der Waals surface area contributed by atoms with Crippen molar-refractivity contribution in [3.8, 4) is 23.2 Å². The minimum Gasteiger partial charge on any atom is -0.394 e. The number of hydrogen-bond donors (Lipinski definition) is 3. The van der Waals surface area contributed by atoms with E-state index in [1.54, 1.807) is 24.4 Å². The van der Waals surface area contributed by atoms with E-state index in [1.807, 2.05) is 11.0 Å². The number of nitrogens with one attached hydrogen (secondary N) is 1. The summed E-state index contributed by atoms with van der Waals surface area (Å²) >= 11 is 0. The van der Waals surface area contributed by atoms with E-state index in [0.717, 1.165) is 0 Å². The molecule has 2 saturated heterocycles. The summed E-state index contributed by atoms with van der Waals surface area (Å²) in [6.45, 7) is 2.55. The monoisotopic (exact) mass is 421 g/mol. The summed E-state index contributed by atoms with van der Waals surface area (Å²) in [4.78, 5) is 34.9. The third kappa shape index (κ3) is 4.21. The van der Waals surface area contributed by atoms with E-state index in [0.29, 0.717) is 61.9 Å². The SMILES string of the molecule is NC(=O)c1nc(-c2cccc(C#CC3(CO)CCNC3=O)c2)ncc1N1CCOCC1. The average molecular weight is 421 g/mol. The van der Waals surface area contributed by atoms with Crippen LogP contribution in [0.2, 0.25) is 0 Å². The Morgan fingerprint density at radius 3 is 2.84 bits per heavy atom. The van der Waals surface area contributed by atoms with Crippen molar-refractivity contribution in [3.63, 3.8) is 0 Å². The first kappa shape index (κ1) is 20.8. The molecule has 0 spiro atoms. The number of carbonyl (C=O) groups is 2. The second kappa shape index (κ2) is 8.71. The normalized spacial score (nSPS) is 20.7. The average Bonchev–Trinajstić information content (AvgIpc) is 3.18. The zero-order valence-corrected chi connectivity index (χ0v) is 16.9. The zero-order valence-electron chi connectivity index (χ0n) is 16.9. The van der Waals surface area contributed by atoms with Crippen LogP contribution >= 0.6 is 0 Å². The number of aromatic nitrogens is 2. The molecule has 160 valence electrons. The Kier molecular flexibility index (Phi) is 5.84. The smallest absolute Gasteiger partial charge is 0.269 e. The first-order valence-electron chi connectivity index (χ1n) is 10.0. The lowest BCUT2D eigenvalue weighted by molar-refractivity contribution is -0.126. The van der Waals surface area contributed by atoms with Gasteiger partial charge in [0.05, 0.1) is 31.7 Å². The Hall–Kier alpha value is -3.48. The van der Waals surface area contributed by atoms with E-state index in [1.165, 1.54) is 0 Å². The standard InChI is InChI=1S/C22H23N5O4/c23-19(29)18-17(27-8-10-31-11-9-27)13-25-20(26-18)16-3-1-2-15(12-16)4-5-22(14-28)6-7-24-21(22)30/h1-3,12-13,28H,6-11,14H2,(H2,23,29)(H,24,30). The number of benzene rings is 1. The van der Waals surface area contributed by atoms with Gasteiger partial charge in [-0.05, 0) is 18.6 Å². The van der Waals surface area contributed by atoms with Crippen LogP contribution in [0.25, 0.3) is 11.4 Å². The Balaban J connectivity index is 1.65. The molecule has 1 aromatic heterocycles. The number of anilines is 1. The largest absolute Gasteiger partial charge is 0.394 e. The van der Waals surface area contributed by atoms with Crippen molar-refractivity contribution < 1.29 is 19.4 Å². The molecule has 2 fully saturated rings. The van der Waals surface area contributed by atoms with Crippen molar-refractivity contribution in [1.29, 1.82) is 0 Å². The van der Waals surface area contributed by atoms with Crippen molar-refractivity contribution in [3.05, 3.63) is 41.7 Å². The molecular weight excluding hydrogens is 398 g/mol. The Morgan fingerprint density at radius 2 is 2.16 bits per heavy atom. The highest BCUT2D eigenvalue weighted by atomic mass is 16.5. The third-order valence-corrected chi connectivity index (χ3v) is 5.46. The number of morpholine rings is 1. The summed E-state index contributed by atoms with van der Waals surface area (Å²) in [6.07, 6.45) is 2.07. The van der Waals surface area contributed by atoms with Crippen LogP contribution in [-0.2, 0) is 9.53 Å². The quantitative estimate of drug-likeness (QED) is 0.589. The van der Waals surface area contributed by atoms with Crippen LogP contribution in [0.15, 0.2) is 30.5 Å². The van der Waals surface area contributed by atoms with E-state index < -0.39 is 11.3 Å². The van der Waals surface area contributed by atoms with Gasteiger partial charge in [-0.1, -0.05) is 24.0 Å². The molecule has 9 nitrogen and oxygen atoms in total. The Labute approximate surface area is 179 Å². The molecule has 0 radical (unpaired) electrons. The van der Waals surface area contributed by atoms with E-state index in [2.05, 4.69) is 27.1 Å². The van der Waals surface area contributed by atoms with Crippen LogP contribution in [-0.4, -0.2) is 66.3 Å². The molecular formula is C22H23N5O4. The fourth-order valence-corrected chi connectivity index (χ4v) is 3.64. The molecule has 31 heavy (non-hydrogen) atoms. The number of aliphatic hydroxyl groups excluding tert-OH is 1. The van der Waals surface area contributed by atoms with Gasteiger partial charge >= 0.3 is 0 Å². The number of aliphatic hydroxyl groups is 1. The number of hydrogen-bond acceptors (Lipinski definition) is 7. The number of carbonyl (C=O) groups excluding carboxylic acids is 2. The van der Waals surface area contributed by atoms with Gasteiger partial charge < -0.3 is 25.8 Å². The fourth-order valence-electron chi connectivity index (χ4n) is 3.64. The topological polar surface area (TPSA) is 131 Å².